The smallest absolute Gasteiger partial charge is 0.279 e. The molecule has 1 amide bonds. The monoisotopic (exact) mass is 253 g/mol. The van der Waals surface area contributed by atoms with Crippen LogP contribution >= 0.6 is 11.8 Å². The van der Waals surface area contributed by atoms with E-state index < -0.39 is 0 Å². The molecule has 0 aliphatic carbocycles. The second kappa shape index (κ2) is 4.68. The molecule has 1 aliphatic heterocycles. The first-order valence-corrected chi connectivity index (χ1v) is 6.52. The van der Waals surface area contributed by atoms with Crippen molar-refractivity contribution < 1.29 is 14.3 Å². The Kier molecular flexibility index (Phi) is 3.42. The summed E-state index contributed by atoms with van der Waals surface area (Å²) in [5, 5.41) is 0.0960. The van der Waals surface area contributed by atoms with Crippen LogP contribution in [0.1, 0.15) is 10.9 Å². The number of nitrogens with zero attached hydrogens (tertiary/aromatic N) is 1. The van der Waals surface area contributed by atoms with E-state index in [1.54, 1.807) is 18.9 Å². The van der Waals surface area contributed by atoms with Gasteiger partial charge in [-0.25, -0.2) is 4.84 Å². The summed E-state index contributed by atoms with van der Waals surface area (Å²) < 4.78 is 0.212. The third-order valence-corrected chi connectivity index (χ3v) is 4.82. The Balaban J connectivity index is 2.34. The summed E-state index contributed by atoms with van der Waals surface area (Å²) in [5.74, 6) is 0.388. The van der Waals surface area contributed by atoms with Gasteiger partial charge in [0.1, 0.15) is 7.05 Å². The largest absolute Gasteiger partial charge is 0.364 e. The van der Waals surface area contributed by atoms with E-state index in [0.29, 0.717) is 5.75 Å². The fourth-order valence-electron chi connectivity index (χ4n) is 2.21. The first-order valence-electron chi connectivity index (χ1n) is 5.47. The number of carbonyl (C=O) groups excluding carboxylic acids is 1. The minimum Gasteiger partial charge on any atom is -0.364 e. The van der Waals surface area contributed by atoms with Crippen molar-refractivity contribution in [2.75, 3.05) is 19.9 Å². The molecule has 1 heterocycles. The molecule has 0 bridgehead atoms. The van der Waals surface area contributed by atoms with Gasteiger partial charge < -0.3 is 5.73 Å². The lowest BCUT2D eigenvalue weighted by Gasteiger charge is -2.34. The lowest BCUT2D eigenvalue weighted by Crippen LogP contribution is -2.54. The summed E-state index contributed by atoms with van der Waals surface area (Å²) in [7, 11) is 3.53. The van der Waals surface area contributed by atoms with Gasteiger partial charge in [0.25, 0.3) is 5.91 Å². The third kappa shape index (κ3) is 2.06. The normalized spacial score (nSPS) is 32.6. The number of quaternary nitrogens is 1. The van der Waals surface area contributed by atoms with E-state index in [-0.39, 0.29) is 22.0 Å². The maximum absolute atomic E-state index is 11.5. The molecular weight excluding hydrogens is 236 g/mol. The molecule has 1 aromatic carbocycles. The van der Waals surface area contributed by atoms with Crippen LogP contribution in [0.4, 0.5) is 0 Å². The topological polar surface area (TPSA) is 52.3 Å². The number of rotatable bonds is 3. The van der Waals surface area contributed by atoms with Crippen molar-refractivity contribution in [1.29, 1.82) is 0 Å². The van der Waals surface area contributed by atoms with Crippen LogP contribution in [0, 0.1) is 0 Å². The molecule has 2 rings (SSSR count). The zero-order chi connectivity index (χ0) is 12.5. The minimum absolute atomic E-state index is 0.0960. The number of benzene rings is 1. The molecule has 4 nitrogen and oxygen atoms in total. The molecule has 1 aliphatic rings. The Labute approximate surface area is 105 Å². The van der Waals surface area contributed by atoms with Crippen LogP contribution in [-0.2, 0) is 9.63 Å². The summed E-state index contributed by atoms with van der Waals surface area (Å²) in [6.45, 7) is 0. The highest BCUT2D eigenvalue weighted by Gasteiger charge is 2.52. The molecular formula is C12H17N2O2S+. The molecule has 0 spiro atoms. The van der Waals surface area contributed by atoms with Gasteiger partial charge in [0.05, 0.1) is 12.9 Å². The maximum atomic E-state index is 11.5. The molecule has 0 saturated carbocycles. The van der Waals surface area contributed by atoms with Crippen LogP contribution in [0.3, 0.4) is 0 Å². The second-order valence-corrected chi connectivity index (χ2v) is 5.37. The molecule has 17 heavy (non-hydrogen) atoms. The molecule has 2 N–H and O–H groups in total. The van der Waals surface area contributed by atoms with Crippen molar-refractivity contribution in [3.05, 3.63) is 35.9 Å². The number of likely N-dealkylation sites (N-methyl/N-ethyl adjacent to an activating group) is 1. The SMILES string of the molecule is CO[N@+]1(C)C(C(N)=O)CSC1c1ccccc1. The van der Waals surface area contributed by atoms with Gasteiger partial charge in [-0.1, -0.05) is 42.1 Å². The number of primary amides is 1. The number of carbonyl (C=O) groups is 1. The first-order chi connectivity index (χ1) is 8.09. The van der Waals surface area contributed by atoms with Crippen LogP contribution in [0.5, 0.6) is 0 Å². The van der Waals surface area contributed by atoms with E-state index in [1.165, 1.54) is 0 Å². The zero-order valence-electron chi connectivity index (χ0n) is 10.00. The Morgan fingerprint density at radius 2 is 2.12 bits per heavy atom. The van der Waals surface area contributed by atoms with Crippen molar-refractivity contribution in [1.82, 2.24) is 0 Å². The number of hydroxylamine groups is 3. The van der Waals surface area contributed by atoms with E-state index in [9.17, 15) is 4.79 Å². The number of hydrogen-bond acceptors (Lipinski definition) is 3. The highest BCUT2D eigenvalue weighted by molar-refractivity contribution is 7.99. The van der Waals surface area contributed by atoms with Crippen molar-refractivity contribution in [3.8, 4) is 0 Å². The van der Waals surface area contributed by atoms with E-state index in [2.05, 4.69) is 12.1 Å². The highest BCUT2D eigenvalue weighted by Crippen LogP contribution is 2.46. The standard InChI is InChI=1S/C12H16N2O2S/c1-14(16-2)10(11(13)15)8-17-12(14)9-6-4-3-5-7-9/h3-7,10,12H,8H2,1-2H3,(H-,13,15)/p+1/t10?,12?,14-/m1/s1. The van der Waals surface area contributed by atoms with Crippen LogP contribution in [0.2, 0.25) is 0 Å². The van der Waals surface area contributed by atoms with Gasteiger partial charge in [-0.05, 0) is 0 Å². The molecule has 2 unspecified atom stereocenters. The second-order valence-electron chi connectivity index (χ2n) is 4.26. The maximum Gasteiger partial charge on any atom is 0.279 e. The van der Waals surface area contributed by atoms with Crippen molar-refractivity contribution in [3.63, 3.8) is 0 Å². The summed E-state index contributed by atoms with van der Waals surface area (Å²) in [4.78, 5) is 17.0. The molecule has 1 saturated heterocycles. The summed E-state index contributed by atoms with van der Waals surface area (Å²) in [6, 6.07) is 9.77. The highest BCUT2D eigenvalue weighted by atomic mass is 32.2. The summed E-state index contributed by atoms with van der Waals surface area (Å²) in [5.41, 5.74) is 6.60. The van der Waals surface area contributed by atoms with Crippen LogP contribution in [0.25, 0.3) is 0 Å². The molecule has 0 aromatic heterocycles. The van der Waals surface area contributed by atoms with E-state index >= 15 is 0 Å². The predicted octanol–water partition coefficient (Wildman–Crippen LogP) is 1.29. The van der Waals surface area contributed by atoms with Gasteiger partial charge in [0.2, 0.25) is 6.04 Å². The number of amides is 1. The van der Waals surface area contributed by atoms with Gasteiger partial charge in [-0.2, -0.15) is 4.65 Å². The first kappa shape index (κ1) is 12.4. The summed E-state index contributed by atoms with van der Waals surface area (Å²) in [6.07, 6.45) is 0. The fourth-order valence-corrected chi connectivity index (χ4v) is 3.91. The molecule has 1 aromatic rings. The number of nitrogens with two attached hydrogens (primary N) is 1. The number of thioether (sulfide) groups is 1. The van der Waals surface area contributed by atoms with Crippen molar-refractivity contribution in [2.45, 2.75) is 11.4 Å². The van der Waals surface area contributed by atoms with Crippen molar-refractivity contribution >= 4 is 17.7 Å². The Morgan fingerprint density at radius 1 is 1.47 bits per heavy atom. The van der Waals surface area contributed by atoms with Crippen LogP contribution in [-0.4, -0.2) is 36.5 Å². The Hall–Kier alpha value is -1.04. The quantitative estimate of drug-likeness (QED) is 0.826. The van der Waals surface area contributed by atoms with Crippen LogP contribution in [0.15, 0.2) is 30.3 Å². The van der Waals surface area contributed by atoms with E-state index in [0.717, 1.165) is 5.56 Å². The zero-order valence-corrected chi connectivity index (χ0v) is 10.8. The van der Waals surface area contributed by atoms with Gasteiger partial charge in [-0.15, -0.1) is 0 Å². The molecule has 1 fully saturated rings. The minimum atomic E-state index is -0.305. The third-order valence-electron chi connectivity index (χ3n) is 3.30. The predicted molar refractivity (Wildman–Crippen MR) is 67.8 cm³/mol. The van der Waals surface area contributed by atoms with E-state index in [1.807, 2.05) is 25.2 Å². The Morgan fingerprint density at radius 3 is 2.65 bits per heavy atom. The lowest BCUT2D eigenvalue weighted by atomic mass is 10.2. The summed E-state index contributed by atoms with van der Waals surface area (Å²) >= 11 is 1.71. The van der Waals surface area contributed by atoms with Gasteiger partial charge in [0, 0.05) is 5.56 Å². The molecule has 0 radical (unpaired) electrons. The molecule has 3 atom stereocenters. The van der Waals surface area contributed by atoms with Gasteiger partial charge >= 0.3 is 0 Å². The lowest BCUT2D eigenvalue weighted by molar-refractivity contribution is -1.11. The molecule has 5 heteroatoms. The fraction of sp³-hybridized carbons (Fsp3) is 0.417. The molecule has 92 valence electrons. The van der Waals surface area contributed by atoms with Gasteiger partial charge in [0.15, 0.2) is 5.37 Å². The average molecular weight is 253 g/mol. The Bertz CT molecular complexity index is 412. The number of hydrogen-bond donors (Lipinski definition) is 1. The van der Waals surface area contributed by atoms with E-state index in [4.69, 9.17) is 10.6 Å². The van der Waals surface area contributed by atoms with Crippen LogP contribution < -0.4 is 5.73 Å². The van der Waals surface area contributed by atoms with Gasteiger partial charge in [-0.3, -0.25) is 4.79 Å². The average Bonchev–Trinajstić information content (AvgIpc) is 2.69. The van der Waals surface area contributed by atoms with Crippen molar-refractivity contribution in [2.24, 2.45) is 5.73 Å².